The third kappa shape index (κ3) is 2.69. The first-order valence-electron chi connectivity index (χ1n) is 5.58. The van der Waals surface area contributed by atoms with E-state index >= 15 is 0 Å². The molecule has 1 aromatic carbocycles. The Morgan fingerprint density at radius 2 is 2.21 bits per heavy atom. The molecular formula is C14H11N3O2. The molecule has 0 radical (unpaired) electrons. The summed E-state index contributed by atoms with van der Waals surface area (Å²) in [5, 5.41) is 20.9. The summed E-state index contributed by atoms with van der Waals surface area (Å²) in [5.74, 6) is -0.955. The fourth-order valence-electron chi connectivity index (χ4n) is 1.73. The third-order valence-electron chi connectivity index (χ3n) is 2.65. The molecule has 0 aliphatic heterocycles. The molecule has 0 aliphatic carbocycles. The number of carboxylic acids is 1. The van der Waals surface area contributed by atoms with Crippen LogP contribution in [0.3, 0.4) is 0 Å². The van der Waals surface area contributed by atoms with Gasteiger partial charge in [-0.25, -0.2) is 9.78 Å². The quantitative estimate of drug-likeness (QED) is 0.878. The predicted octanol–water partition coefficient (Wildman–Crippen LogP) is 2.70. The van der Waals surface area contributed by atoms with Crippen LogP contribution in [-0.2, 0) is 0 Å². The molecule has 1 aromatic heterocycles. The minimum atomic E-state index is -0.955. The highest BCUT2D eigenvalue weighted by Gasteiger charge is 2.08. The van der Waals surface area contributed by atoms with Gasteiger partial charge in [-0.3, -0.25) is 0 Å². The summed E-state index contributed by atoms with van der Waals surface area (Å²) in [5.41, 5.74) is 2.51. The van der Waals surface area contributed by atoms with Crippen LogP contribution in [0, 0.1) is 18.3 Å². The molecule has 0 atom stereocenters. The standard InChI is InChI=1S/C14H11N3O2/c1-9-7-10(4-5-11(9)14(18)19)17-12-3-2-6-16-13(12)8-15/h2-7,17H,1H3,(H,18,19). The molecule has 0 aliphatic rings. The van der Waals surface area contributed by atoms with Crippen LogP contribution in [0.1, 0.15) is 21.6 Å². The van der Waals surface area contributed by atoms with E-state index in [4.69, 9.17) is 10.4 Å². The molecule has 2 N–H and O–H groups in total. The van der Waals surface area contributed by atoms with E-state index in [-0.39, 0.29) is 5.56 Å². The van der Waals surface area contributed by atoms with E-state index in [0.29, 0.717) is 22.6 Å². The largest absolute Gasteiger partial charge is 0.478 e. The van der Waals surface area contributed by atoms with Gasteiger partial charge in [0.1, 0.15) is 6.07 Å². The highest BCUT2D eigenvalue weighted by Crippen LogP contribution is 2.21. The number of nitrogens with zero attached hydrogens (tertiary/aromatic N) is 2. The summed E-state index contributed by atoms with van der Waals surface area (Å²) in [7, 11) is 0. The Bertz CT molecular complexity index is 675. The van der Waals surface area contributed by atoms with E-state index in [0.717, 1.165) is 0 Å². The van der Waals surface area contributed by atoms with Crippen molar-refractivity contribution in [3.63, 3.8) is 0 Å². The Morgan fingerprint density at radius 1 is 1.42 bits per heavy atom. The van der Waals surface area contributed by atoms with Crippen LogP contribution in [0.25, 0.3) is 0 Å². The fraction of sp³-hybridized carbons (Fsp3) is 0.0714. The van der Waals surface area contributed by atoms with Gasteiger partial charge in [-0.05, 0) is 42.8 Å². The number of benzene rings is 1. The number of aromatic nitrogens is 1. The van der Waals surface area contributed by atoms with Gasteiger partial charge in [-0.2, -0.15) is 5.26 Å². The Morgan fingerprint density at radius 3 is 2.84 bits per heavy atom. The minimum Gasteiger partial charge on any atom is -0.478 e. The van der Waals surface area contributed by atoms with Gasteiger partial charge in [-0.1, -0.05) is 0 Å². The SMILES string of the molecule is Cc1cc(Nc2cccnc2C#N)ccc1C(=O)O. The van der Waals surface area contributed by atoms with Crippen molar-refractivity contribution < 1.29 is 9.90 Å². The summed E-state index contributed by atoms with van der Waals surface area (Å²) in [4.78, 5) is 14.9. The number of hydrogen-bond acceptors (Lipinski definition) is 4. The minimum absolute atomic E-state index is 0.261. The van der Waals surface area contributed by atoms with Crippen LogP contribution in [0.2, 0.25) is 0 Å². The number of carbonyl (C=O) groups is 1. The molecule has 0 bridgehead atoms. The first-order chi connectivity index (χ1) is 9.11. The number of rotatable bonds is 3. The maximum Gasteiger partial charge on any atom is 0.335 e. The first kappa shape index (κ1) is 12.6. The lowest BCUT2D eigenvalue weighted by Crippen LogP contribution is -2.01. The Hall–Kier alpha value is -2.87. The molecule has 2 aromatic rings. The molecule has 0 unspecified atom stereocenters. The highest BCUT2D eigenvalue weighted by atomic mass is 16.4. The second-order valence-electron chi connectivity index (χ2n) is 3.97. The van der Waals surface area contributed by atoms with Crippen LogP contribution in [0.15, 0.2) is 36.5 Å². The van der Waals surface area contributed by atoms with Crippen molar-refractivity contribution in [3.05, 3.63) is 53.3 Å². The second-order valence-corrected chi connectivity index (χ2v) is 3.97. The van der Waals surface area contributed by atoms with Crippen molar-refractivity contribution in [2.24, 2.45) is 0 Å². The topological polar surface area (TPSA) is 86.0 Å². The molecule has 94 valence electrons. The van der Waals surface area contributed by atoms with E-state index < -0.39 is 5.97 Å². The molecule has 0 amide bonds. The van der Waals surface area contributed by atoms with Crippen LogP contribution < -0.4 is 5.32 Å². The third-order valence-corrected chi connectivity index (χ3v) is 2.65. The van der Waals surface area contributed by atoms with E-state index in [1.54, 1.807) is 37.4 Å². The van der Waals surface area contributed by atoms with Gasteiger partial charge < -0.3 is 10.4 Å². The van der Waals surface area contributed by atoms with Crippen molar-refractivity contribution in [2.75, 3.05) is 5.32 Å². The summed E-state index contributed by atoms with van der Waals surface area (Å²) in [6, 6.07) is 10.4. The Kier molecular flexibility index (Phi) is 3.44. The molecular weight excluding hydrogens is 242 g/mol. The molecule has 0 saturated heterocycles. The van der Waals surface area contributed by atoms with Crippen molar-refractivity contribution in [2.45, 2.75) is 6.92 Å². The van der Waals surface area contributed by atoms with Gasteiger partial charge in [0.15, 0.2) is 5.69 Å². The number of pyridine rings is 1. The lowest BCUT2D eigenvalue weighted by atomic mass is 10.1. The molecule has 0 fully saturated rings. The van der Waals surface area contributed by atoms with E-state index in [9.17, 15) is 4.79 Å². The Labute approximate surface area is 110 Å². The van der Waals surface area contributed by atoms with Gasteiger partial charge >= 0.3 is 5.97 Å². The number of nitriles is 1. The molecule has 5 nitrogen and oxygen atoms in total. The number of aryl methyl sites for hydroxylation is 1. The molecule has 0 saturated carbocycles. The molecule has 2 rings (SSSR count). The molecule has 5 heteroatoms. The van der Waals surface area contributed by atoms with E-state index in [1.165, 1.54) is 6.07 Å². The number of nitrogens with one attached hydrogen (secondary N) is 1. The zero-order valence-electron chi connectivity index (χ0n) is 10.2. The molecule has 0 spiro atoms. The van der Waals surface area contributed by atoms with Crippen LogP contribution in [0.5, 0.6) is 0 Å². The summed E-state index contributed by atoms with van der Waals surface area (Å²) >= 11 is 0. The lowest BCUT2D eigenvalue weighted by molar-refractivity contribution is 0.0696. The van der Waals surface area contributed by atoms with Crippen molar-refractivity contribution >= 4 is 17.3 Å². The number of hydrogen-bond donors (Lipinski definition) is 2. The zero-order chi connectivity index (χ0) is 13.8. The normalized spacial score (nSPS) is 9.68. The highest BCUT2D eigenvalue weighted by molar-refractivity contribution is 5.90. The lowest BCUT2D eigenvalue weighted by Gasteiger charge is -2.09. The monoisotopic (exact) mass is 253 g/mol. The average molecular weight is 253 g/mol. The maximum atomic E-state index is 10.9. The van der Waals surface area contributed by atoms with Crippen molar-refractivity contribution in [1.29, 1.82) is 5.26 Å². The number of anilines is 2. The van der Waals surface area contributed by atoms with Gasteiger partial charge in [0, 0.05) is 11.9 Å². The Balaban J connectivity index is 2.32. The first-order valence-corrected chi connectivity index (χ1v) is 5.58. The fourth-order valence-corrected chi connectivity index (χ4v) is 1.73. The van der Waals surface area contributed by atoms with E-state index in [2.05, 4.69) is 10.3 Å². The van der Waals surface area contributed by atoms with Crippen molar-refractivity contribution in [1.82, 2.24) is 4.98 Å². The van der Waals surface area contributed by atoms with Gasteiger partial charge in [-0.15, -0.1) is 0 Å². The van der Waals surface area contributed by atoms with Gasteiger partial charge in [0.05, 0.1) is 11.3 Å². The number of aromatic carboxylic acids is 1. The van der Waals surface area contributed by atoms with E-state index in [1.807, 2.05) is 6.07 Å². The maximum absolute atomic E-state index is 10.9. The summed E-state index contributed by atoms with van der Waals surface area (Å²) in [6.45, 7) is 1.73. The molecule has 19 heavy (non-hydrogen) atoms. The van der Waals surface area contributed by atoms with Crippen LogP contribution in [0.4, 0.5) is 11.4 Å². The summed E-state index contributed by atoms with van der Waals surface area (Å²) in [6.07, 6.45) is 1.54. The summed E-state index contributed by atoms with van der Waals surface area (Å²) < 4.78 is 0. The molecule has 1 heterocycles. The second kappa shape index (κ2) is 5.19. The van der Waals surface area contributed by atoms with Crippen LogP contribution in [-0.4, -0.2) is 16.1 Å². The number of carboxylic acid groups (broad SMARTS) is 1. The predicted molar refractivity (Wildman–Crippen MR) is 70.4 cm³/mol. The van der Waals surface area contributed by atoms with Crippen LogP contribution >= 0.6 is 0 Å². The van der Waals surface area contributed by atoms with Crippen molar-refractivity contribution in [3.8, 4) is 6.07 Å². The average Bonchev–Trinajstić information content (AvgIpc) is 2.39. The zero-order valence-corrected chi connectivity index (χ0v) is 10.2. The van der Waals surface area contributed by atoms with Gasteiger partial charge in [0.2, 0.25) is 0 Å². The smallest absolute Gasteiger partial charge is 0.335 e. The van der Waals surface area contributed by atoms with Gasteiger partial charge in [0.25, 0.3) is 0 Å².